The van der Waals surface area contributed by atoms with Crippen LogP contribution in [0.2, 0.25) is 0 Å². The van der Waals surface area contributed by atoms with E-state index in [-0.39, 0.29) is 17.5 Å². The Morgan fingerprint density at radius 1 is 1.20 bits per heavy atom. The van der Waals surface area contributed by atoms with E-state index < -0.39 is 5.91 Å². The van der Waals surface area contributed by atoms with Crippen molar-refractivity contribution >= 4 is 23.5 Å². The topological polar surface area (TPSA) is 100 Å². The summed E-state index contributed by atoms with van der Waals surface area (Å²) in [5.41, 5.74) is 14.7. The molecule has 130 valence electrons. The lowest BCUT2D eigenvalue weighted by atomic mass is 9.99. The highest BCUT2D eigenvalue weighted by atomic mass is 32.2. The van der Waals surface area contributed by atoms with Crippen molar-refractivity contribution in [1.82, 2.24) is 4.98 Å². The van der Waals surface area contributed by atoms with Crippen LogP contribution in [0.1, 0.15) is 21.2 Å². The second-order valence-corrected chi connectivity index (χ2v) is 7.32. The fourth-order valence-electron chi connectivity index (χ4n) is 3.28. The van der Waals surface area contributed by atoms with Crippen molar-refractivity contribution in [3.8, 4) is 11.1 Å². The van der Waals surface area contributed by atoms with Crippen LogP contribution in [0.4, 0.5) is 5.82 Å². The van der Waals surface area contributed by atoms with Gasteiger partial charge >= 0.3 is 0 Å². The lowest BCUT2D eigenvalue weighted by Crippen LogP contribution is -2.38. The zero-order valence-corrected chi connectivity index (χ0v) is 14.4. The molecule has 2 aliphatic heterocycles. The molecule has 2 saturated heterocycles. The van der Waals surface area contributed by atoms with Gasteiger partial charge in [0.15, 0.2) is 0 Å². The number of anilines is 1. The molecule has 25 heavy (non-hydrogen) atoms. The van der Waals surface area contributed by atoms with Gasteiger partial charge in [-0.3, -0.25) is 4.79 Å². The molecule has 1 aromatic heterocycles. The van der Waals surface area contributed by atoms with Crippen molar-refractivity contribution < 1.29 is 14.3 Å². The minimum Gasteiger partial charge on any atom is -0.383 e. The minimum absolute atomic E-state index is 0.0502. The van der Waals surface area contributed by atoms with E-state index in [4.69, 9.17) is 20.9 Å². The van der Waals surface area contributed by atoms with E-state index in [0.717, 1.165) is 22.4 Å². The predicted molar refractivity (Wildman–Crippen MR) is 97.3 cm³/mol. The fraction of sp³-hybridized carbons (Fsp3) is 0.333. The summed E-state index contributed by atoms with van der Waals surface area (Å²) in [4.78, 5) is 15.6. The molecule has 0 bridgehead atoms. The molecule has 6 nitrogen and oxygen atoms in total. The summed E-state index contributed by atoms with van der Waals surface area (Å²) in [7, 11) is 0. The van der Waals surface area contributed by atoms with Crippen molar-refractivity contribution in [3.05, 3.63) is 47.7 Å². The number of pyridine rings is 1. The number of aromatic nitrogens is 1. The largest absolute Gasteiger partial charge is 0.383 e. The maximum Gasteiger partial charge on any atom is 0.248 e. The summed E-state index contributed by atoms with van der Waals surface area (Å²) >= 11 is 1.82. The van der Waals surface area contributed by atoms with Crippen LogP contribution in [0.15, 0.2) is 36.5 Å². The van der Waals surface area contributed by atoms with Crippen LogP contribution in [-0.2, 0) is 9.47 Å². The lowest BCUT2D eigenvalue weighted by molar-refractivity contribution is -0.125. The Bertz CT molecular complexity index is 797. The number of rotatable bonds is 3. The van der Waals surface area contributed by atoms with E-state index in [1.807, 2.05) is 30.1 Å². The van der Waals surface area contributed by atoms with Gasteiger partial charge in [-0.2, -0.15) is 0 Å². The van der Waals surface area contributed by atoms with Crippen molar-refractivity contribution in [2.24, 2.45) is 5.73 Å². The molecule has 0 radical (unpaired) electrons. The Hall–Kier alpha value is -2.09. The summed E-state index contributed by atoms with van der Waals surface area (Å²) in [6, 6.07) is 9.12. The Morgan fingerprint density at radius 3 is 2.72 bits per heavy atom. The number of nitrogens with zero attached hydrogens (tertiary/aromatic N) is 1. The van der Waals surface area contributed by atoms with Gasteiger partial charge in [-0.05, 0) is 29.3 Å². The van der Waals surface area contributed by atoms with E-state index in [1.54, 1.807) is 12.1 Å². The molecule has 0 saturated carbocycles. The predicted octanol–water partition coefficient (Wildman–Crippen LogP) is 2.00. The zero-order chi connectivity index (χ0) is 17.4. The maximum atomic E-state index is 11.2. The smallest absolute Gasteiger partial charge is 0.248 e. The quantitative estimate of drug-likeness (QED) is 0.871. The number of fused-ring (bicyclic) bond motifs is 1. The van der Waals surface area contributed by atoms with E-state index in [2.05, 4.69) is 11.1 Å². The van der Waals surface area contributed by atoms with Gasteiger partial charge in [-0.25, -0.2) is 4.98 Å². The monoisotopic (exact) mass is 357 g/mol. The summed E-state index contributed by atoms with van der Waals surface area (Å²) in [6.45, 7) is 1.29. The van der Waals surface area contributed by atoms with E-state index in [1.165, 1.54) is 0 Å². The first-order valence-corrected chi connectivity index (χ1v) is 9.19. The first-order chi connectivity index (χ1) is 12.1. The molecular weight excluding hydrogens is 338 g/mol. The number of carbonyl (C=O) groups is 1. The van der Waals surface area contributed by atoms with Gasteiger partial charge in [0.25, 0.3) is 0 Å². The van der Waals surface area contributed by atoms with E-state index >= 15 is 0 Å². The second-order valence-electron chi connectivity index (χ2n) is 6.14. The summed E-state index contributed by atoms with van der Waals surface area (Å²) in [5, 5.41) is 0.182. The Morgan fingerprint density at radius 2 is 1.96 bits per heavy atom. The molecule has 3 unspecified atom stereocenters. The average molecular weight is 357 g/mol. The third kappa shape index (κ3) is 3.10. The Labute approximate surface area is 149 Å². The Kier molecular flexibility index (Phi) is 4.37. The number of hydrogen-bond acceptors (Lipinski definition) is 6. The van der Waals surface area contributed by atoms with Crippen LogP contribution in [0.5, 0.6) is 0 Å². The molecule has 2 aliphatic rings. The van der Waals surface area contributed by atoms with Crippen LogP contribution in [0.25, 0.3) is 11.1 Å². The SMILES string of the molecule is NC(=O)c1ccc(-c2cc(C3SCC4OCCOC43)cnc2N)cc1. The highest BCUT2D eigenvalue weighted by Gasteiger charge is 2.41. The summed E-state index contributed by atoms with van der Waals surface area (Å²) < 4.78 is 11.7. The van der Waals surface area contributed by atoms with Gasteiger partial charge in [-0.1, -0.05) is 12.1 Å². The highest BCUT2D eigenvalue weighted by Crippen LogP contribution is 2.45. The summed E-state index contributed by atoms with van der Waals surface area (Å²) in [6.07, 6.45) is 2.00. The molecular formula is C18H19N3O3S. The van der Waals surface area contributed by atoms with Crippen molar-refractivity contribution in [1.29, 1.82) is 0 Å². The van der Waals surface area contributed by atoms with Crippen LogP contribution in [-0.4, -0.2) is 42.1 Å². The Balaban J connectivity index is 1.66. The highest BCUT2D eigenvalue weighted by molar-refractivity contribution is 7.99. The maximum absolute atomic E-state index is 11.2. The number of primary amides is 1. The fourth-order valence-corrected chi connectivity index (χ4v) is 4.73. The van der Waals surface area contributed by atoms with Crippen LogP contribution < -0.4 is 11.5 Å². The molecule has 3 atom stereocenters. The van der Waals surface area contributed by atoms with Gasteiger partial charge < -0.3 is 20.9 Å². The van der Waals surface area contributed by atoms with E-state index in [0.29, 0.717) is 24.6 Å². The third-order valence-corrected chi connectivity index (χ3v) is 6.00. The van der Waals surface area contributed by atoms with Gasteiger partial charge in [-0.15, -0.1) is 11.8 Å². The molecule has 2 aromatic rings. The molecule has 2 fully saturated rings. The molecule has 7 heteroatoms. The summed E-state index contributed by atoms with van der Waals surface area (Å²) in [5.74, 6) is 0.924. The number of amides is 1. The second kappa shape index (κ2) is 6.67. The normalized spacial score (nSPS) is 25.5. The van der Waals surface area contributed by atoms with Crippen molar-refractivity contribution in [2.45, 2.75) is 17.5 Å². The van der Waals surface area contributed by atoms with Gasteiger partial charge in [0.2, 0.25) is 5.91 Å². The number of carbonyl (C=O) groups excluding carboxylic acids is 1. The number of nitrogen functional groups attached to an aromatic ring is 1. The number of nitrogens with two attached hydrogens (primary N) is 2. The molecule has 1 aromatic carbocycles. The molecule has 4 rings (SSSR count). The molecule has 1 amide bonds. The average Bonchev–Trinajstić information content (AvgIpc) is 3.06. The number of ether oxygens (including phenoxy) is 2. The third-order valence-electron chi connectivity index (χ3n) is 4.58. The minimum atomic E-state index is -0.450. The first kappa shape index (κ1) is 16.4. The van der Waals surface area contributed by atoms with Gasteiger partial charge in [0.1, 0.15) is 11.9 Å². The first-order valence-electron chi connectivity index (χ1n) is 8.14. The van der Waals surface area contributed by atoms with Gasteiger partial charge in [0.05, 0.1) is 24.6 Å². The number of thioether (sulfide) groups is 1. The van der Waals surface area contributed by atoms with Crippen LogP contribution >= 0.6 is 11.8 Å². The molecule has 3 heterocycles. The lowest BCUT2D eigenvalue weighted by Gasteiger charge is -2.29. The number of benzene rings is 1. The standard InChI is InChI=1S/C18H19N3O3S/c19-17-13(10-1-3-11(4-2-10)18(20)22)7-12(8-21-17)16-15-14(9-25-16)23-5-6-24-15/h1-4,7-8,14-16H,5-6,9H2,(H2,19,21)(H2,20,22). The zero-order valence-electron chi connectivity index (χ0n) is 13.6. The van der Waals surface area contributed by atoms with Crippen LogP contribution in [0.3, 0.4) is 0 Å². The van der Waals surface area contributed by atoms with Crippen LogP contribution in [0, 0.1) is 0 Å². The van der Waals surface area contributed by atoms with Crippen molar-refractivity contribution in [3.63, 3.8) is 0 Å². The van der Waals surface area contributed by atoms with E-state index in [9.17, 15) is 4.79 Å². The van der Waals surface area contributed by atoms with Crippen molar-refractivity contribution in [2.75, 3.05) is 24.7 Å². The molecule has 0 aliphatic carbocycles. The number of hydrogen-bond donors (Lipinski definition) is 2. The molecule has 0 spiro atoms. The van der Waals surface area contributed by atoms with Gasteiger partial charge in [0, 0.05) is 23.1 Å². The molecule has 4 N–H and O–H groups in total.